The molecule has 0 unspecified atom stereocenters. The fraction of sp³-hybridized carbons (Fsp3) is 0.353. The van der Waals surface area contributed by atoms with Crippen LogP contribution >= 0.6 is 11.3 Å². The molecule has 2 rings (SSSR count). The third-order valence-corrected chi connectivity index (χ3v) is 6.39. The molecular weight excluding hydrogens is 360 g/mol. The van der Waals surface area contributed by atoms with Crippen molar-refractivity contribution in [3.63, 3.8) is 0 Å². The molecule has 0 aliphatic heterocycles. The summed E-state index contributed by atoms with van der Waals surface area (Å²) < 4.78 is 31.0. The molecule has 0 spiro atoms. The van der Waals surface area contributed by atoms with E-state index in [0.717, 1.165) is 17.1 Å². The first kappa shape index (κ1) is 19.4. The van der Waals surface area contributed by atoms with Crippen molar-refractivity contribution in [3.8, 4) is 5.75 Å². The average molecular weight is 383 g/mol. The number of carbonyl (C=O) groups excluding carboxylic acids is 1. The zero-order chi connectivity index (χ0) is 18.4. The first-order chi connectivity index (χ1) is 11.8. The van der Waals surface area contributed by atoms with Crippen LogP contribution in [0.5, 0.6) is 5.75 Å². The summed E-state index contributed by atoms with van der Waals surface area (Å²) in [6.45, 7) is 0. The van der Waals surface area contributed by atoms with Crippen LogP contribution in [0.4, 0.5) is 5.69 Å². The summed E-state index contributed by atoms with van der Waals surface area (Å²) in [4.78, 5) is 13.4. The summed E-state index contributed by atoms with van der Waals surface area (Å²) in [6.07, 6.45) is 1.97. The van der Waals surface area contributed by atoms with Crippen molar-refractivity contribution in [2.45, 2.75) is 24.2 Å². The van der Waals surface area contributed by atoms with Crippen LogP contribution in [0.15, 0.2) is 40.6 Å². The first-order valence-corrected chi connectivity index (χ1v) is 10.1. The van der Waals surface area contributed by atoms with Crippen molar-refractivity contribution in [2.24, 2.45) is 0 Å². The highest BCUT2D eigenvalue weighted by molar-refractivity contribution is 7.89. The molecule has 0 fully saturated rings. The average Bonchev–Trinajstić information content (AvgIpc) is 3.08. The van der Waals surface area contributed by atoms with Crippen molar-refractivity contribution in [3.05, 3.63) is 40.6 Å². The summed E-state index contributed by atoms with van der Waals surface area (Å²) in [6, 6.07) is 8.63. The number of benzene rings is 1. The Morgan fingerprint density at radius 3 is 2.64 bits per heavy atom. The number of hydrogen-bond donors (Lipinski definition) is 1. The largest absolute Gasteiger partial charge is 0.495 e. The molecule has 1 heterocycles. The third-order valence-electron chi connectivity index (χ3n) is 3.61. The van der Waals surface area contributed by atoms with E-state index < -0.39 is 10.0 Å². The molecule has 0 aliphatic carbocycles. The fourth-order valence-electron chi connectivity index (χ4n) is 2.25. The van der Waals surface area contributed by atoms with Crippen molar-refractivity contribution in [1.29, 1.82) is 0 Å². The summed E-state index contributed by atoms with van der Waals surface area (Å²) in [5.74, 6) is 0.0966. The number of nitrogens with one attached hydrogen (secondary N) is 1. The van der Waals surface area contributed by atoms with Gasteiger partial charge in [0.15, 0.2) is 0 Å². The van der Waals surface area contributed by atoms with Gasteiger partial charge in [0.05, 0.1) is 7.11 Å². The van der Waals surface area contributed by atoms with Gasteiger partial charge in [0.2, 0.25) is 15.9 Å². The number of carbonyl (C=O) groups is 1. The highest BCUT2D eigenvalue weighted by Gasteiger charge is 2.23. The molecule has 1 aromatic heterocycles. The van der Waals surface area contributed by atoms with Crippen LogP contribution < -0.4 is 10.1 Å². The minimum absolute atomic E-state index is 0.0244. The van der Waals surface area contributed by atoms with Crippen molar-refractivity contribution < 1.29 is 17.9 Å². The van der Waals surface area contributed by atoms with Crippen LogP contribution in [0.2, 0.25) is 0 Å². The molecular formula is C17H22N2O4S2. The zero-order valence-electron chi connectivity index (χ0n) is 14.5. The molecule has 0 aliphatic rings. The lowest BCUT2D eigenvalue weighted by Gasteiger charge is -2.16. The van der Waals surface area contributed by atoms with E-state index in [4.69, 9.17) is 4.74 Å². The molecule has 1 N–H and O–H groups in total. The summed E-state index contributed by atoms with van der Waals surface area (Å²) in [5.41, 5.74) is 0.433. The number of anilines is 1. The predicted molar refractivity (Wildman–Crippen MR) is 99.8 cm³/mol. The Morgan fingerprint density at radius 1 is 1.28 bits per heavy atom. The van der Waals surface area contributed by atoms with Gasteiger partial charge in [-0.25, -0.2) is 12.7 Å². The molecule has 1 amide bonds. The highest BCUT2D eigenvalue weighted by Crippen LogP contribution is 2.29. The van der Waals surface area contributed by atoms with E-state index in [0.29, 0.717) is 12.1 Å². The van der Waals surface area contributed by atoms with E-state index in [1.807, 2.05) is 17.5 Å². The van der Waals surface area contributed by atoms with Gasteiger partial charge in [-0.15, -0.1) is 11.3 Å². The quantitative estimate of drug-likeness (QED) is 0.762. The number of sulfonamides is 1. The molecule has 6 nitrogen and oxygen atoms in total. The van der Waals surface area contributed by atoms with Crippen LogP contribution in [0.25, 0.3) is 0 Å². The number of ether oxygens (including phenoxy) is 1. The van der Waals surface area contributed by atoms with Gasteiger partial charge < -0.3 is 10.1 Å². The molecule has 0 saturated carbocycles. The van der Waals surface area contributed by atoms with Crippen LogP contribution in [0.1, 0.15) is 17.7 Å². The molecule has 2 aromatic rings. The molecule has 1 aromatic carbocycles. The smallest absolute Gasteiger partial charge is 0.246 e. The lowest BCUT2D eigenvalue weighted by Crippen LogP contribution is -2.23. The lowest BCUT2D eigenvalue weighted by molar-refractivity contribution is -0.116. The minimum Gasteiger partial charge on any atom is -0.495 e. The maximum atomic E-state index is 12.4. The van der Waals surface area contributed by atoms with Crippen molar-refractivity contribution in [2.75, 3.05) is 26.5 Å². The number of rotatable bonds is 8. The summed E-state index contributed by atoms with van der Waals surface area (Å²) in [5, 5.41) is 4.76. The Hall–Kier alpha value is -1.90. The minimum atomic E-state index is -3.67. The molecule has 136 valence electrons. The third kappa shape index (κ3) is 5.04. The van der Waals surface area contributed by atoms with Gasteiger partial charge >= 0.3 is 0 Å². The fourth-order valence-corrected chi connectivity index (χ4v) is 4.08. The second kappa shape index (κ2) is 8.46. The van der Waals surface area contributed by atoms with E-state index in [2.05, 4.69) is 5.32 Å². The topological polar surface area (TPSA) is 75.7 Å². The lowest BCUT2D eigenvalue weighted by atomic mass is 10.2. The molecule has 8 heteroatoms. The Balaban J connectivity index is 2.05. The Bertz CT molecular complexity index is 815. The van der Waals surface area contributed by atoms with E-state index >= 15 is 0 Å². The van der Waals surface area contributed by atoms with Crippen LogP contribution in [-0.2, 0) is 21.2 Å². The first-order valence-electron chi connectivity index (χ1n) is 7.77. The number of methoxy groups -OCH3 is 1. The number of nitrogens with zero attached hydrogens (tertiary/aromatic N) is 1. The Labute approximate surface area is 152 Å². The van der Waals surface area contributed by atoms with E-state index in [9.17, 15) is 13.2 Å². The molecule has 0 atom stereocenters. The highest BCUT2D eigenvalue weighted by atomic mass is 32.2. The standard InChI is InChI=1S/C17H22N2O4S2/c1-19(2)25(21,22)16-12-13(9-10-15(16)23-3)18-17(20)8-4-6-14-7-5-11-24-14/h5,7,9-12H,4,6,8H2,1-3H3,(H,18,20). The molecule has 0 saturated heterocycles. The van der Waals surface area contributed by atoms with Gasteiger partial charge in [0.1, 0.15) is 10.6 Å². The van der Waals surface area contributed by atoms with Crippen molar-refractivity contribution >= 4 is 33.0 Å². The van der Waals surface area contributed by atoms with Gasteiger partial charge in [-0.3, -0.25) is 4.79 Å². The monoisotopic (exact) mass is 382 g/mol. The van der Waals surface area contributed by atoms with E-state index in [1.54, 1.807) is 17.4 Å². The van der Waals surface area contributed by atoms with Gasteiger partial charge in [0.25, 0.3) is 0 Å². The number of thiophene rings is 1. The molecule has 0 radical (unpaired) electrons. The number of hydrogen-bond acceptors (Lipinski definition) is 5. The van der Waals surface area contributed by atoms with Crippen molar-refractivity contribution in [1.82, 2.24) is 4.31 Å². The Kier molecular flexibility index (Phi) is 6.57. The molecule has 25 heavy (non-hydrogen) atoms. The van der Waals surface area contributed by atoms with Crippen LogP contribution in [0, 0.1) is 0 Å². The van der Waals surface area contributed by atoms with Gasteiger partial charge in [0, 0.05) is 31.1 Å². The molecule has 0 bridgehead atoms. The van der Waals surface area contributed by atoms with Crippen LogP contribution in [0.3, 0.4) is 0 Å². The maximum Gasteiger partial charge on any atom is 0.246 e. The maximum absolute atomic E-state index is 12.4. The van der Waals surface area contributed by atoms with E-state index in [-0.39, 0.29) is 16.6 Å². The van der Waals surface area contributed by atoms with Crippen LogP contribution in [-0.4, -0.2) is 39.8 Å². The number of aryl methyl sites for hydroxylation is 1. The second-order valence-corrected chi connectivity index (χ2v) is 8.79. The van der Waals surface area contributed by atoms with Gasteiger partial charge in [-0.1, -0.05) is 6.07 Å². The summed E-state index contributed by atoms with van der Waals surface area (Å²) in [7, 11) is 0.641. The number of amides is 1. The predicted octanol–water partition coefficient (Wildman–Crippen LogP) is 2.97. The Morgan fingerprint density at radius 2 is 2.04 bits per heavy atom. The van der Waals surface area contributed by atoms with E-state index in [1.165, 1.54) is 38.2 Å². The second-order valence-electron chi connectivity index (χ2n) is 5.63. The normalized spacial score (nSPS) is 11.5. The van der Waals surface area contributed by atoms with Gasteiger partial charge in [-0.05, 0) is 42.5 Å². The SMILES string of the molecule is COc1ccc(NC(=O)CCCc2cccs2)cc1S(=O)(=O)N(C)C. The zero-order valence-corrected chi connectivity index (χ0v) is 16.1. The summed E-state index contributed by atoms with van der Waals surface area (Å²) >= 11 is 1.67. The van der Waals surface area contributed by atoms with Gasteiger partial charge in [-0.2, -0.15) is 0 Å².